The third kappa shape index (κ3) is 5.02. The van der Waals surface area contributed by atoms with Crippen molar-refractivity contribution in [2.24, 2.45) is 4.99 Å². The van der Waals surface area contributed by atoms with Crippen LogP contribution in [0.15, 0.2) is 75.8 Å². The molecule has 0 amide bonds. The number of thiazole rings is 1. The fraction of sp³-hybridized carbons (Fsp3) is 0.323. The summed E-state index contributed by atoms with van der Waals surface area (Å²) < 4.78 is 15.0. The molecule has 1 aliphatic heterocycles. The molecule has 0 saturated carbocycles. The fourth-order valence-corrected chi connectivity index (χ4v) is 6.09. The monoisotopic (exact) mass is 543 g/mol. The van der Waals surface area contributed by atoms with Gasteiger partial charge in [0.2, 0.25) is 0 Å². The van der Waals surface area contributed by atoms with Crippen molar-refractivity contribution in [3.8, 4) is 0 Å². The van der Waals surface area contributed by atoms with E-state index in [1.807, 2.05) is 30.3 Å². The quantitative estimate of drug-likeness (QED) is 0.242. The standard InChI is InChI=1S/C31H33N3O4S/c1-6-33-18-23(24-9-7-8-10-25(24)33)17-26-29(35)34-28(22-13-11-21(12-14-22)19(2)3)27(20(4)32-31(34)39-26)30(36)38-16-15-37-5/h7-14,17-19,28H,6,15-16H2,1-5H3. The summed E-state index contributed by atoms with van der Waals surface area (Å²) in [6, 6.07) is 15.6. The van der Waals surface area contributed by atoms with Crippen LogP contribution in [-0.4, -0.2) is 35.4 Å². The Hall–Kier alpha value is -3.75. The number of aryl methyl sites for hydroxylation is 1. The number of hydrogen-bond donors (Lipinski definition) is 0. The number of fused-ring (bicyclic) bond motifs is 2. The molecule has 1 unspecified atom stereocenters. The number of allylic oxidation sites excluding steroid dienone is 1. The van der Waals surface area contributed by atoms with Crippen LogP contribution in [0.1, 0.15) is 56.3 Å². The lowest BCUT2D eigenvalue weighted by atomic mass is 9.93. The van der Waals surface area contributed by atoms with E-state index in [0.717, 1.165) is 28.6 Å². The largest absolute Gasteiger partial charge is 0.460 e. The van der Waals surface area contributed by atoms with Crippen molar-refractivity contribution in [3.63, 3.8) is 0 Å². The lowest BCUT2D eigenvalue weighted by molar-refractivity contribution is -0.140. The molecule has 7 nitrogen and oxygen atoms in total. The number of ether oxygens (including phenoxy) is 2. The van der Waals surface area contributed by atoms with Crippen LogP contribution in [0, 0.1) is 0 Å². The number of esters is 1. The molecule has 1 atom stereocenters. The second kappa shape index (κ2) is 11.2. The summed E-state index contributed by atoms with van der Waals surface area (Å²) in [5.74, 6) is -0.131. The Morgan fingerprint density at radius 1 is 1.13 bits per heavy atom. The van der Waals surface area contributed by atoms with Gasteiger partial charge in [0.1, 0.15) is 6.61 Å². The Labute approximate surface area is 231 Å². The van der Waals surface area contributed by atoms with Crippen molar-refractivity contribution in [2.45, 2.75) is 46.2 Å². The number of aromatic nitrogens is 2. The van der Waals surface area contributed by atoms with Gasteiger partial charge in [-0.1, -0.05) is 67.6 Å². The predicted molar refractivity (Wildman–Crippen MR) is 155 cm³/mol. The van der Waals surface area contributed by atoms with Crippen molar-refractivity contribution in [1.82, 2.24) is 9.13 Å². The molecule has 3 heterocycles. The zero-order valence-corrected chi connectivity index (χ0v) is 23.7. The molecule has 4 aromatic rings. The molecule has 2 aromatic carbocycles. The molecule has 0 saturated heterocycles. The van der Waals surface area contributed by atoms with E-state index in [9.17, 15) is 9.59 Å². The average Bonchev–Trinajstić information content (AvgIpc) is 3.44. The minimum absolute atomic E-state index is 0.122. The molecule has 0 bridgehead atoms. The van der Waals surface area contributed by atoms with Crippen LogP contribution in [0.4, 0.5) is 0 Å². The second-order valence-corrected chi connectivity index (χ2v) is 10.9. The smallest absolute Gasteiger partial charge is 0.338 e. The van der Waals surface area contributed by atoms with Crippen molar-refractivity contribution in [2.75, 3.05) is 20.3 Å². The lowest BCUT2D eigenvalue weighted by Crippen LogP contribution is -2.40. The zero-order chi connectivity index (χ0) is 27.7. The summed E-state index contributed by atoms with van der Waals surface area (Å²) in [6.07, 6.45) is 4.02. The minimum atomic E-state index is -0.642. The number of carbonyl (C=O) groups excluding carboxylic acids is 1. The SMILES string of the molecule is CCn1cc(C=c2sc3n(c2=O)C(c2ccc(C(C)C)cc2)C(C(=O)OCCOC)=C(C)N=3)c2ccccc21. The maximum Gasteiger partial charge on any atom is 0.338 e. The highest BCUT2D eigenvalue weighted by molar-refractivity contribution is 7.07. The van der Waals surface area contributed by atoms with Crippen molar-refractivity contribution in [1.29, 1.82) is 0 Å². The van der Waals surface area contributed by atoms with Gasteiger partial charge in [0.15, 0.2) is 4.80 Å². The molecule has 0 fully saturated rings. The van der Waals surface area contributed by atoms with Crippen LogP contribution in [-0.2, 0) is 20.8 Å². The van der Waals surface area contributed by atoms with Crippen LogP contribution in [0.25, 0.3) is 17.0 Å². The van der Waals surface area contributed by atoms with E-state index >= 15 is 0 Å². The Morgan fingerprint density at radius 2 is 1.87 bits per heavy atom. The lowest BCUT2D eigenvalue weighted by Gasteiger charge is -2.25. The summed E-state index contributed by atoms with van der Waals surface area (Å²) in [4.78, 5) is 32.6. The van der Waals surface area contributed by atoms with E-state index in [-0.39, 0.29) is 18.8 Å². The van der Waals surface area contributed by atoms with E-state index in [0.29, 0.717) is 26.5 Å². The number of carbonyl (C=O) groups is 1. The maximum atomic E-state index is 14.0. The fourth-order valence-electron chi connectivity index (χ4n) is 5.05. The van der Waals surface area contributed by atoms with E-state index in [1.54, 1.807) is 18.6 Å². The van der Waals surface area contributed by atoms with Crippen LogP contribution in [0.3, 0.4) is 0 Å². The molecular weight excluding hydrogens is 510 g/mol. The van der Waals surface area contributed by atoms with Gasteiger partial charge < -0.3 is 14.0 Å². The molecular formula is C31H33N3O4S. The van der Waals surface area contributed by atoms with Gasteiger partial charge in [-0.05, 0) is 43.0 Å². The van der Waals surface area contributed by atoms with E-state index in [2.05, 4.69) is 55.8 Å². The van der Waals surface area contributed by atoms with Crippen molar-refractivity contribution < 1.29 is 14.3 Å². The highest BCUT2D eigenvalue weighted by Gasteiger charge is 2.33. The summed E-state index contributed by atoms with van der Waals surface area (Å²) >= 11 is 1.34. The minimum Gasteiger partial charge on any atom is -0.460 e. The number of methoxy groups -OCH3 is 1. The highest BCUT2D eigenvalue weighted by Crippen LogP contribution is 2.31. The molecule has 0 aliphatic carbocycles. The van der Waals surface area contributed by atoms with Gasteiger partial charge in [0, 0.05) is 36.3 Å². The topological polar surface area (TPSA) is 74.8 Å². The number of benzene rings is 2. The molecule has 0 radical (unpaired) electrons. The summed E-state index contributed by atoms with van der Waals surface area (Å²) in [7, 11) is 1.56. The molecule has 0 N–H and O–H groups in total. The second-order valence-electron chi connectivity index (χ2n) is 9.92. The molecule has 39 heavy (non-hydrogen) atoms. The third-order valence-corrected chi connectivity index (χ3v) is 8.11. The van der Waals surface area contributed by atoms with Crippen LogP contribution in [0.2, 0.25) is 0 Å². The molecule has 2 aromatic heterocycles. The Morgan fingerprint density at radius 3 is 2.56 bits per heavy atom. The molecule has 202 valence electrons. The highest BCUT2D eigenvalue weighted by atomic mass is 32.1. The van der Waals surface area contributed by atoms with Crippen LogP contribution < -0.4 is 14.9 Å². The first-order chi connectivity index (χ1) is 18.8. The number of rotatable bonds is 8. The molecule has 0 spiro atoms. The number of para-hydroxylation sites is 1. The normalized spacial score (nSPS) is 15.6. The van der Waals surface area contributed by atoms with Gasteiger partial charge in [0.05, 0.1) is 28.5 Å². The first kappa shape index (κ1) is 26.8. The van der Waals surface area contributed by atoms with Crippen LogP contribution in [0.5, 0.6) is 0 Å². The number of hydrogen-bond acceptors (Lipinski definition) is 6. The van der Waals surface area contributed by atoms with E-state index in [1.165, 1.54) is 16.9 Å². The summed E-state index contributed by atoms with van der Waals surface area (Å²) in [5, 5.41) is 1.09. The average molecular weight is 544 g/mol. The van der Waals surface area contributed by atoms with Crippen molar-refractivity contribution >= 4 is 34.3 Å². The first-order valence-electron chi connectivity index (χ1n) is 13.2. The Balaban J connectivity index is 1.68. The number of nitrogens with zero attached hydrogens (tertiary/aromatic N) is 3. The maximum absolute atomic E-state index is 14.0. The molecule has 5 rings (SSSR count). The van der Waals surface area contributed by atoms with Gasteiger partial charge in [-0.15, -0.1) is 0 Å². The van der Waals surface area contributed by atoms with Crippen molar-refractivity contribution in [3.05, 3.63) is 102 Å². The molecule has 8 heteroatoms. The van der Waals surface area contributed by atoms with Crippen LogP contribution >= 0.6 is 11.3 Å². The molecule has 1 aliphatic rings. The van der Waals surface area contributed by atoms with Gasteiger partial charge in [-0.3, -0.25) is 9.36 Å². The first-order valence-corrected chi connectivity index (χ1v) is 14.0. The van der Waals surface area contributed by atoms with Gasteiger partial charge in [0.25, 0.3) is 5.56 Å². The van der Waals surface area contributed by atoms with E-state index < -0.39 is 12.0 Å². The summed E-state index contributed by atoms with van der Waals surface area (Å²) in [5.41, 5.74) is 4.85. The third-order valence-electron chi connectivity index (χ3n) is 7.13. The van der Waals surface area contributed by atoms with Gasteiger partial charge in [-0.25, -0.2) is 9.79 Å². The van der Waals surface area contributed by atoms with Gasteiger partial charge in [-0.2, -0.15) is 0 Å². The summed E-state index contributed by atoms with van der Waals surface area (Å²) in [6.45, 7) is 9.41. The van der Waals surface area contributed by atoms with E-state index in [4.69, 9.17) is 14.5 Å². The Bertz CT molecular complexity index is 1740. The van der Waals surface area contributed by atoms with Gasteiger partial charge >= 0.3 is 5.97 Å². The Kier molecular flexibility index (Phi) is 7.68. The zero-order valence-electron chi connectivity index (χ0n) is 22.9. The predicted octanol–water partition coefficient (Wildman–Crippen LogP) is 4.52.